The molecule has 3 aromatic carbocycles. The Bertz CT molecular complexity index is 1480. The van der Waals surface area contributed by atoms with E-state index in [0.29, 0.717) is 47.1 Å². The van der Waals surface area contributed by atoms with Crippen LogP contribution < -0.4 is 15.4 Å². The maximum atomic E-state index is 13.6. The predicted molar refractivity (Wildman–Crippen MR) is 146 cm³/mol. The number of carbonyl (C=O) groups is 1. The summed E-state index contributed by atoms with van der Waals surface area (Å²) in [6, 6.07) is 15.4. The van der Waals surface area contributed by atoms with Gasteiger partial charge in [-0.2, -0.15) is 0 Å². The second-order valence-corrected chi connectivity index (χ2v) is 9.64. The van der Waals surface area contributed by atoms with Crippen molar-refractivity contribution in [3.63, 3.8) is 0 Å². The van der Waals surface area contributed by atoms with E-state index in [1.807, 2.05) is 24.3 Å². The molecule has 0 spiro atoms. The molecule has 0 radical (unpaired) electrons. The van der Waals surface area contributed by atoms with E-state index in [-0.39, 0.29) is 17.0 Å². The topological polar surface area (TPSA) is 85.4 Å². The molecule has 1 saturated heterocycles. The van der Waals surface area contributed by atoms with Crippen molar-refractivity contribution in [3.05, 3.63) is 87.9 Å². The van der Waals surface area contributed by atoms with Crippen LogP contribution in [-0.4, -0.2) is 35.2 Å². The van der Waals surface area contributed by atoms with Crippen LogP contribution in [0.4, 0.5) is 21.6 Å². The van der Waals surface area contributed by atoms with E-state index in [1.54, 1.807) is 24.3 Å². The third kappa shape index (κ3) is 6.25. The number of amides is 1. The van der Waals surface area contributed by atoms with Gasteiger partial charge in [0.05, 0.1) is 29.4 Å². The minimum atomic E-state index is -0.515. The zero-order valence-electron chi connectivity index (χ0n) is 19.4. The van der Waals surface area contributed by atoms with Crippen molar-refractivity contribution in [2.75, 3.05) is 23.8 Å². The van der Waals surface area contributed by atoms with Gasteiger partial charge in [-0.1, -0.05) is 39.7 Å². The summed E-state index contributed by atoms with van der Waals surface area (Å²) >= 11 is 9.34. The Morgan fingerprint density at radius 1 is 1.16 bits per heavy atom. The Hall–Kier alpha value is -3.53. The summed E-state index contributed by atoms with van der Waals surface area (Å²) in [6.07, 6.45) is 5.21. The highest BCUT2D eigenvalue weighted by atomic mass is 79.9. The summed E-state index contributed by atoms with van der Waals surface area (Å²) in [7, 11) is 0. The molecular formula is C27H21BrClFN4O3. The first kappa shape index (κ1) is 25.1. The van der Waals surface area contributed by atoms with Crippen LogP contribution in [0.5, 0.6) is 5.75 Å². The van der Waals surface area contributed by atoms with Crippen molar-refractivity contribution in [2.45, 2.75) is 12.5 Å². The molecule has 1 amide bonds. The third-order valence-corrected chi connectivity index (χ3v) is 6.47. The Morgan fingerprint density at radius 3 is 2.76 bits per heavy atom. The van der Waals surface area contributed by atoms with E-state index in [2.05, 4.69) is 36.5 Å². The zero-order chi connectivity index (χ0) is 25.8. The number of hydrogen-bond donors (Lipinski definition) is 2. The van der Waals surface area contributed by atoms with Crippen LogP contribution >= 0.6 is 27.5 Å². The Kier molecular flexibility index (Phi) is 7.64. The summed E-state index contributed by atoms with van der Waals surface area (Å²) in [5.74, 6) is 0.0947. The van der Waals surface area contributed by atoms with Gasteiger partial charge in [-0.3, -0.25) is 4.79 Å². The highest BCUT2D eigenvalue weighted by molar-refractivity contribution is 9.10. The third-order valence-electron chi connectivity index (χ3n) is 5.66. The van der Waals surface area contributed by atoms with Crippen molar-refractivity contribution in [1.29, 1.82) is 0 Å². The number of nitrogens with zero attached hydrogens (tertiary/aromatic N) is 2. The number of aromatic nitrogens is 2. The number of benzene rings is 3. The summed E-state index contributed by atoms with van der Waals surface area (Å²) in [5, 5.41) is 6.68. The van der Waals surface area contributed by atoms with E-state index in [9.17, 15) is 9.18 Å². The Labute approximate surface area is 225 Å². The number of carbonyl (C=O) groups excluding carboxylic acids is 1. The molecule has 7 nitrogen and oxygen atoms in total. The number of anilines is 3. The highest BCUT2D eigenvalue weighted by Gasteiger charge is 2.21. The smallest absolute Gasteiger partial charge is 0.248 e. The zero-order valence-corrected chi connectivity index (χ0v) is 21.7. The minimum Gasteiger partial charge on any atom is -0.486 e. The lowest BCUT2D eigenvalue weighted by Gasteiger charge is -2.17. The first-order valence-corrected chi connectivity index (χ1v) is 12.6. The molecule has 188 valence electrons. The van der Waals surface area contributed by atoms with Crippen molar-refractivity contribution in [3.8, 4) is 5.75 Å². The molecule has 1 aromatic heterocycles. The van der Waals surface area contributed by atoms with Gasteiger partial charge in [-0.25, -0.2) is 14.4 Å². The summed E-state index contributed by atoms with van der Waals surface area (Å²) in [6.45, 7) is 1.09. The van der Waals surface area contributed by atoms with Gasteiger partial charge < -0.3 is 20.1 Å². The maximum Gasteiger partial charge on any atom is 0.248 e. The molecule has 4 aromatic rings. The molecule has 10 heteroatoms. The lowest BCUT2D eigenvalue weighted by atomic mass is 10.1. The van der Waals surface area contributed by atoms with Crippen molar-refractivity contribution in [1.82, 2.24) is 9.97 Å². The van der Waals surface area contributed by atoms with Gasteiger partial charge in [-0.05, 0) is 48.0 Å². The van der Waals surface area contributed by atoms with Crippen LogP contribution in [0.2, 0.25) is 5.02 Å². The summed E-state index contributed by atoms with van der Waals surface area (Å²) in [5.41, 5.74) is 2.50. The van der Waals surface area contributed by atoms with Gasteiger partial charge in [0.15, 0.2) is 0 Å². The van der Waals surface area contributed by atoms with Gasteiger partial charge >= 0.3 is 0 Å². The highest BCUT2D eigenvalue weighted by Crippen LogP contribution is 2.35. The number of rotatable bonds is 7. The van der Waals surface area contributed by atoms with Crippen molar-refractivity contribution < 1.29 is 18.7 Å². The SMILES string of the molecule is O=C(/C=C/c1ccc(Br)cc1)Nc1cc2c(Nc3ccc(F)c(Cl)c3)ncnc2cc1O[C@H]1CCOC1. The summed E-state index contributed by atoms with van der Waals surface area (Å²) in [4.78, 5) is 21.6. The van der Waals surface area contributed by atoms with Crippen LogP contribution in [-0.2, 0) is 9.53 Å². The first-order valence-electron chi connectivity index (χ1n) is 11.4. The molecule has 0 unspecified atom stereocenters. The van der Waals surface area contributed by atoms with Crippen LogP contribution in [0.15, 0.2) is 71.5 Å². The molecule has 5 rings (SSSR count). The molecule has 37 heavy (non-hydrogen) atoms. The van der Waals surface area contributed by atoms with Crippen LogP contribution in [0, 0.1) is 5.82 Å². The molecule has 0 aliphatic carbocycles. The standard InChI is InChI=1S/C27H21BrClFN4O3/c28-17-4-1-16(2-5-17)3-8-26(35)34-24-12-20-23(13-25(24)37-19-9-10-36-14-19)31-15-32-27(20)33-18-6-7-22(30)21(29)11-18/h1-8,11-13,15,19H,9-10,14H2,(H,34,35)(H,31,32,33)/b8-3+/t19-/m0/s1. The maximum absolute atomic E-state index is 13.6. The van der Waals surface area contributed by atoms with Crippen molar-refractivity contribution >= 4 is 67.6 Å². The van der Waals surface area contributed by atoms with Gasteiger partial charge in [0.25, 0.3) is 0 Å². The molecular weight excluding hydrogens is 563 g/mol. The van der Waals surface area contributed by atoms with Crippen LogP contribution in [0.25, 0.3) is 17.0 Å². The number of hydrogen-bond acceptors (Lipinski definition) is 6. The average Bonchev–Trinajstić information content (AvgIpc) is 3.40. The lowest BCUT2D eigenvalue weighted by molar-refractivity contribution is -0.111. The fourth-order valence-electron chi connectivity index (χ4n) is 3.79. The quantitative estimate of drug-likeness (QED) is 0.234. The van der Waals surface area contributed by atoms with Gasteiger partial charge in [0.2, 0.25) is 5.91 Å². The van der Waals surface area contributed by atoms with E-state index in [1.165, 1.54) is 24.5 Å². The number of fused-ring (bicyclic) bond motifs is 1. The van der Waals surface area contributed by atoms with Crippen molar-refractivity contribution in [2.24, 2.45) is 0 Å². The average molecular weight is 584 g/mol. The second-order valence-electron chi connectivity index (χ2n) is 8.32. The van der Waals surface area contributed by atoms with E-state index in [0.717, 1.165) is 16.5 Å². The van der Waals surface area contributed by atoms with E-state index < -0.39 is 5.82 Å². The van der Waals surface area contributed by atoms with Gasteiger partial charge in [-0.15, -0.1) is 0 Å². The lowest BCUT2D eigenvalue weighted by Crippen LogP contribution is -2.18. The van der Waals surface area contributed by atoms with Gasteiger partial charge in [0, 0.05) is 34.1 Å². The molecule has 1 aliphatic rings. The molecule has 2 heterocycles. The van der Waals surface area contributed by atoms with E-state index in [4.69, 9.17) is 21.1 Å². The molecule has 1 aliphatic heterocycles. The molecule has 1 fully saturated rings. The first-order chi connectivity index (χ1) is 17.9. The predicted octanol–water partition coefficient (Wildman–Crippen LogP) is 6.75. The second kappa shape index (κ2) is 11.2. The summed E-state index contributed by atoms with van der Waals surface area (Å²) < 4.78 is 26.2. The Balaban J connectivity index is 1.47. The number of ether oxygens (including phenoxy) is 2. The molecule has 2 N–H and O–H groups in total. The normalized spacial score (nSPS) is 15.3. The Morgan fingerprint density at radius 2 is 2.00 bits per heavy atom. The van der Waals surface area contributed by atoms with Crippen LogP contribution in [0.3, 0.4) is 0 Å². The van der Waals surface area contributed by atoms with Crippen LogP contribution in [0.1, 0.15) is 12.0 Å². The fraction of sp³-hybridized carbons (Fsp3) is 0.148. The molecule has 0 saturated carbocycles. The largest absolute Gasteiger partial charge is 0.486 e. The molecule has 1 atom stereocenters. The minimum absolute atomic E-state index is 0.0108. The number of halogens is 3. The van der Waals surface area contributed by atoms with Gasteiger partial charge in [0.1, 0.15) is 29.8 Å². The number of nitrogens with one attached hydrogen (secondary N) is 2. The molecule has 0 bridgehead atoms. The van der Waals surface area contributed by atoms with E-state index >= 15 is 0 Å². The fourth-order valence-corrected chi connectivity index (χ4v) is 4.24. The monoisotopic (exact) mass is 582 g/mol.